The van der Waals surface area contributed by atoms with E-state index in [4.69, 9.17) is 4.42 Å². The Labute approximate surface area is 159 Å². The quantitative estimate of drug-likeness (QED) is 0.519. The maximum atomic E-state index is 5.59. The van der Waals surface area contributed by atoms with Crippen molar-refractivity contribution >= 4 is 5.96 Å². The molecule has 0 spiro atoms. The molecule has 2 aromatic carbocycles. The Bertz CT molecular complexity index is 898. The standard InChI is InChI=1S/C22H24N4O/c1-23-21(25-16-22(12-13-22)18-10-6-3-7-11-18)24-14-19-15-27-20(26-19)17-8-4-2-5-9-17/h2-11,15H,12-14,16H2,1H3,(H2,23,24,25). The summed E-state index contributed by atoms with van der Waals surface area (Å²) in [6.45, 7) is 1.44. The molecule has 4 rings (SSSR count). The molecule has 27 heavy (non-hydrogen) atoms. The highest BCUT2D eigenvalue weighted by Crippen LogP contribution is 2.47. The highest BCUT2D eigenvalue weighted by Gasteiger charge is 2.43. The molecule has 1 heterocycles. The van der Waals surface area contributed by atoms with Crippen molar-refractivity contribution in [2.24, 2.45) is 4.99 Å². The monoisotopic (exact) mass is 360 g/mol. The van der Waals surface area contributed by atoms with Gasteiger partial charge in [-0.05, 0) is 30.5 Å². The minimum atomic E-state index is 0.243. The Morgan fingerprint density at radius 1 is 1.04 bits per heavy atom. The van der Waals surface area contributed by atoms with Gasteiger partial charge in [-0.3, -0.25) is 4.99 Å². The largest absolute Gasteiger partial charge is 0.444 e. The average molecular weight is 360 g/mol. The number of aromatic nitrogens is 1. The second-order valence-corrected chi connectivity index (χ2v) is 6.94. The second-order valence-electron chi connectivity index (χ2n) is 6.94. The SMILES string of the molecule is CN=C(NCc1coc(-c2ccccc2)n1)NCC1(c2ccccc2)CC1. The summed E-state index contributed by atoms with van der Waals surface area (Å²) < 4.78 is 5.59. The van der Waals surface area contributed by atoms with Crippen LogP contribution in [-0.4, -0.2) is 24.5 Å². The van der Waals surface area contributed by atoms with Crippen LogP contribution in [0.15, 0.2) is 76.3 Å². The van der Waals surface area contributed by atoms with E-state index in [-0.39, 0.29) is 5.41 Å². The van der Waals surface area contributed by atoms with Crippen molar-refractivity contribution in [3.05, 3.63) is 78.2 Å². The number of nitrogens with one attached hydrogen (secondary N) is 2. The van der Waals surface area contributed by atoms with Gasteiger partial charge in [0.15, 0.2) is 5.96 Å². The molecule has 1 aliphatic rings. The molecule has 0 amide bonds. The minimum absolute atomic E-state index is 0.243. The van der Waals surface area contributed by atoms with Crippen LogP contribution in [0, 0.1) is 0 Å². The van der Waals surface area contributed by atoms with Gasteiger partial charge in [0.1, 0.15) is 6.26 Å². The summed E-state index contributed by atoms with van der Waals surface area (Å²) in [5, 5.41) is 6.78. The van der Waals surface area contributed by atoms with E-state index in [1.54, 1.807) is 13.3 Å². The fourth-order valence-electron chi connectivity index (χ4n) is 3.26. The average Bonchev–Trinajstić information content (AvgIpc) is 3.38. The highest BCUT2D eigenvalue weighted by molar-refractivity contribution is 5.79. The third-order valence-electron chi connectivity index (χ3n) is 5.07. The van der Waals surface area contributed by atoms with Crippen LogP contribution in [-0.2, 0) is 12.0 Å². The van der Waals surface area contributed by atoms with Gasteiger partial charge in [0.05, 0.1) is 12.2 Å². The number of nitrogens with zero attached hydrogens (tertiary/aromatic N) is 2. The summed E-state index contributed by atoms with van der Waals surface area (Å²) in [6.07, 6.45) is 4.12. The summed E-state index contributed by atoms with van der Waals surface area (Å²) in [7, 11) is 1.79. The topological polar surface area (TPSA) is 62.5 Å². The fraction of sp³-hybridized carbons (Fsp3) is 0.273. The van der Waals surface area contributed by atoms with Crippen molar-refractivity contribution in [2.75, 3.05) is 13.6 Å². The summed E-state index contributed by atoms with van der Waals surface area (Å²) in [6, 6.07) is 20.6. The van der Waals surface area contributed by atoms with E-state index >= 15 is 0 Å². The number of guanidine groups is 1. The Kier molecular flexibility index (Phi) is 4.92. The number of rotatable bonds is 6. The third kappa shape index (κ3) is 4.03. The zero-order valence-electron chi connectivity index (χ0n) is 15.5. The van der Waals surface area contributed by atoms with Crippen molar-refractivity contribution in [1.82, 2.24) is 15.6 Å². The van der Waals surface area contributed by atoms with E-state index in [2.05, 4.69) is 50.9 Å². The van der Waals surface area contributed by atoms with Crippen LogP contribution in [0.3, 0.4) is 0 Å². The first kappa shape index (κ1) is 17.3. The molecule has 5 heteroatoms. The van der Waals surface area contributed by atoms with E-state index in [0.29, 0.717) is 12.4 Å². The highest BCUT2D eigenvalue weighted by atomic mass is 16.3. The summed E-state index contributed by atoms with van der Waals surface area (Å²) in [4.78, 5) is 8.87. The molecule has 138 valence electrons. The molecule has 1 saturated carbocycles. The van der Waals surface area contributed by atoms with Gasteiger partial charge >= 0.3 is 0 Å². The second kappa shape index (κ2) is 7.66. The van der Waals surface area contributed by atoms with Gasteiger partial charge in [-0.1, -0.05) is 48.5 Å². The Balaban J connectivity index is 1.32. The van der Waals surface area contributed by atoms with E-state index in [1.807, 2.05) is 30.3 Å². The van der Waals surface area contributed by atoms with Crippen LogP contribution in [0.1, 0.15) is 24.1 Å². The molecule has 0 saturated heterocycles. The van der Waals surface area contributed by atoms with Crippen molar-refractivity contribution < 1.29 is 4.42 Å². The maximum absolute atomic E-state index is 5.59. The van der Waals surface area contributed by atoms with Crippen LogP contribution in [0.5, 0.6) is 0 Å². The van der Waals surface area contributed by atoms with Crippen LogP contribution < -0.4 is 10.6 Å². The number of benzene rings is 2. The van der Waals surface area contributed by atoms with Gasteiger partial charge in [-0.15, -0.1) is 0 Å². The van der Waals surface area contributed by atoms with Crippen LogP contribution >= 0.6 is 0 Å². The third-order valence-corrected chi connectivity index (χ3v) is 5.07. The molecule has 1 aliphatic carbocycles. The van der Waals surface area contributed by atoms with Gasteiger partial charge in [0.25, 0.3) is 0 Å². The first-order valence-corrected chi connectivity index (χ1v) is 9.29. The van der Waals surface area contributed by atoms with Gasteiger partial charge in [0.2, 0.25) is 5.89 Å². The Morgan fingerprint density at radius 2 is 1.74 bits per heavy atom. The first-order valence-electron chi connectivity index (χ1n) is 9.29. The molecule has 1 aromatic heterocycles. The van der Waals surface area contributed by atoms with Gasteiger partial charge in [0, 0.05) is 24.6 Å². The number of aliphatic imine (C=N–C) groups is 1. The molecule has 3 aromatic rings. The zero-order valence-corrected chi connectivity index (χ0v) is 15.5. The van der Waals surface area contributed by atoms with Crippen molar-refractivity contribution in [2.45, 2.75) is 24.8 Å². The fourth-order valence-corrected chi connectivity index (χ4v) is 3.26. The summed E-state index contributed by atoms with van der Waals surface area (Å²) in [5.74, 6) is 1.41. The summed E-state index contributed by atoms with van der Waals surface area (Å²) in [5.41, 5.74) is 3.47. The van der Waals surface area contributed by atoms with Crippen LogP contribution in [0.4, 0.5) is 0 Å². The maximum Gasteiger partial charge on any atom is 0.226 e. The normalized spacial score (nSPS) is 15.4. The Morgan fingerprint density at radius 3 is 2.41 bits per heavy atom. The van der Waals surface area contributed by atoms with Crippen LogP contribution in [0.25, 0.3) is 11.5 Å². The molecule has 0 unspecified atom stereocenters. The molecular weight excluding hydrogens is 336 g/mol. The molecule has 0 atom stereocenters. The van der Waals surface area contributed by atoms with Crippen LogP contribution in [0.2, 0.25) is 0 Å². The van der Waals surface area contributed by atoms with Gasteiger partial charge in [-0.25, -0.2) is 4.98 Å². The molecule has 0 aliphatic heterocycles. The molecule has 5 nitrogen and oxygen atoms in total. The number of oxazole rings is 1. The lowest BCUT2D eigenvalue weighted by atomic mass is 9.96. The molecule has 0 bridgehead atoms. The number of hydrogen-bond donors (Lipinski definition) is 2. The number of hydrogen-bond acceptors (Lipinski definition) is 3. The van der Waals surface area contributed by atoms with E-state index in [9.17, 15) is 0 Å². The molecular formula is C22H24N4O. The van der Waals surface area contributed by atoms with E-state index in [0.717, 1.165) is 23.8 Å². The molecule has 1 fully saturated rings. The lowest BCUT2D eigenvalue weighted by Crippen LogP contribution is -2.40. The summed E-state index contributed by atoms with van der Waals surface area (Å²) >= 11 is 0. The van der Waals surface area contributed by atoms with E-state index in [1.165, 1.54) is 18.4 Å². The smallest absolute Gasteiger partial charge is 0.226 e. The molecule has 2 N–H and O–H groups in total. The van der Waals surface area contributed by atoms with Crippen molar-refractivity contribution in [3.8, 4) is 11.5 Å². The Hall–Kier alpha value is -3.08. The van der Waals surface area contributed by atoms with Gasteiger partial charge in [-0.2, -0.15) is 0 Å². The van der Waals surface area contributed by atoms with Crippen molar-refractivity contribution in [1.29, 1.82) is 0 Å². The lowest BCUT2D eigenvalue weighted by molar-refractivity contribution is 0.572. The zero-order chi connectivity index (χ0) is 18.5. The van der Waals surface area contributed by atoms with Crippen molar-refractivity contribution in [3.63, 3.8) is 0 Å². The first-order chi connectivity index (χ1) is 13.3. The molecule has 0 radical (unpaired) electrons. The predicted octanol–water partition coefficient (Wildman–Crippen LogP) is 3.74. The van der Waals surface area contributed by atoms with E-state index < -0.39 is 0 Å². The van der Waals surface area contributed by atoms with Gasteiger partial charge < -0.3 is 15.1 Å². The predicted molar refractivity (Wildman–Crippen MR) is 107 cm³/mol. The lowest BCUT2D eigenvalue weighted by Gasteiger charge is -2.18. The minimum Gasteiger partial charge on any atom is -0.444 e.